The van der Waals surface area contributed by atoms with Crippen molar-refractivity contribution in [2.24, 2.45) is 11.5 Å². The Morgan fingerprint density at radius 3 is 2.11 bits per heavy atom. The molecule has 0 aromatic rings. The van der Waals surface area contributed by atoms with Crippen molar-refractivity contribution in [1.29, 1.82) is 0 Å². The highest BCUT2D eigenvalue weighted by molar-refractivity contribution is 7.80. The molecule has 0 aliphatic heterocycles. The van der Waals surface area contributed by atoms with Gasteiger partial charge in [0.2, 0.25) is 17.7 Å². The van der Waals surface area contributed by atoms with Crippen LogP contribution in [0.2, 0.25) is 0 Å². The van der Waals surface area contributed by atoms with Crippen molar-refractivity contribution in [1.82, 2.24) is 10.6 Å². The summed E-state index contributed by atoms with van der Waals surface area (Å²) in [5.41, 5.74) is 10.00. The fourth-order valence-electron chi connectivity index (χ4n) is 1.12. The van der Waals surface area contributed by atoms with E-state index < -0.39 is 42.2 Å². The molecule has 10 heteroatoms. The number of carboxylic acids is 1. The summed E-state index contributed by atoms with van der Waals surface area (Å²) in [5.74, 6) is -3.77. The molecule has 9 nitrogen and oxygen atoms in total. The predicted molar refractivity (Wildman–Crippen MR) is 68.2 cm³/mol. The molecule has 0 radical (unpaired) electrons. The highest BCUT2D eigenvalue weighted by Gasteiger charge is 2.26. The SMILES string of the molecule is NCC(=O)NC(CC(N)=O)C(=O)NC(CS)C(=O)O. The lowest BCUT2D eigenvalue weighted by atomic mass is 10.1. The summed E-state index contributed by atoms with van der Waals surface area (Å²) < 4.78 is 0. The number of amides is 3. The first-order valence-corrected chi connectivity index (χ1v) is 5.86. The summed E-state index contributed by atoms with van der Waals surface area (Å²) in [7, 11) is 0. The topological polar surface area (TPSA) is 165 Å². The molecule has 0 spiro atoms. The zero-order chi connectivity index (χ0) is 15.0. The van der Waals surface area contributed by atoms with Gasteiger partial charge in [0.25, 0.3) is 0 Å². The molecule has 7 N–H and O–H groups in total. The highest BCUT2D eigenvalue weighted by atomic mass is 32.1. The van der Waals surface area contributed by atoms with E-state index in [-0.39, 0.29) is 12.3 Å². The second-order valence-electron chi connectivity index (χ2n) is 3.58. The molecule has 0 bridgehead atoms. The molecule has 0 saturated heterocycles. The van der Waals surface area contributed by atoms with Gasteiger partial charge in [0.15, 0.2) is 0 Å². The van der Waals surface area contributed by atoms with Gasteiger partial charge in [-0.3, -0.25) is 14.4 Å². The Morgan fingerprint density at radius 1 is 1.16 bits per heavy atom. The molecule has 2 atom stereocenters. The van der Waals surface area contributed by atoms with Crippen LogP contribution in [0.15, 0.2) is 0 Å². The summed E-state index contributed by atoms with van der Waals surface area (Å²) in [4.78, 5) is 44.4. The third-order valence-electron chi connectivity index (χ3n) is 2.04. The normalized spacial score (nSPS) is 13.2. The Morgan fingerprint density at radius 2 is 1.74 bits per heavy atom. The Balaban J connectivity index is 4.74. The van der Waals surface area contributed by atoms with E-state index in [9.17, 15) is 19.2 Å². The van der Waals surface area contributed by atoms with E-state index in [4.69, 9.17) is 16.6 Å². The van der Waals surface area contributed by atoms with Crippen molar-refractivity contribution in [3.05, 3.63) is 0 Å². The van der Waals surface area contributed by atoms with Gasteiger partial charge in [-0.15, -0.1) is 0 Å². The molecule has 108 valence electrons. The summed E-state index contributed by atoms with van der Waals surface area (Å²) >= 11 is 3.76. The average molecular weight is 292 g/mol. The maximum absolute atomic E-state index is 11.7. The minimum absolute atomic E-state index is 0.144. The van der Waals surface area contributed by atoms with Crippen LogP contribution in [0, 0.1) is 0 Å². The molecule has 0 aliphatic carbocycles. The summed E-state index contributed by atoms with van der Waals surface area (Å²) in [5, 5.41) is 13.0. The van der Waals surface area contributed by atoms with E-state index in [2.05, 4.69) is 23.3 Å². The van der Waals surface area contributed by atoms with Crippen molar-refractivity contribution in [3.63, 3.8) is 0 Å². The minimum atomic E-state index is -1.29. The molecule has 0 fully saturated rings. The standard InChI is InChI=1S/C9H16N4O5S/c10-2-7(15)12-4(1-6(11)14)8(16)13-5(3-19)9(17)18/h4-5,19H,1-3,10H2,(H2,11,14)(H,12,15)(H,13,16)(H,17,18). The zero-order valence-electron chi connectivity index (χ0n) is 9.96. The Bertz CT molecular complexity index is 376. The third kappa shape index (κ3) is 6.62. The fraction of sp³-hybridized carbons (Fsp3) is 0.556. The average Bonchev–Trinajstić information content (AvgIpc) is 2.33. The van der Waals surface area contributed by atoms with Gasteiger partial charge in [-0.2, -0.15) is 12.6 Å². The van der Waals surface area contributed by atoms with Gasteiger partial charge in [-0.05, 0) is 0 Å². The van der Waals surface area contributed by atoms with Crippen LogP contribution >= 0.6 is 12.6 Å². The van der Waals surface area contributed by atoms with E-state index in [0.717, 1.165) is 0 Å². The van der Waals surface area contributed by atoms with Crippen LogP contribution in [0.5, 0.6) is 0 Å². The number of hydrogen-bond acceptors (Lipinski definition) is 6. The molecule has 0 aromatic heterocycles. The van der Waals surface area contributed by atoms with E-state index in [1.807, 2.05) is 0 Å². The first kappa shape index (κ1) is 17.2. The Kier molecular flexibility index (Phi) is 7.53. The van der Waals surface area contributed by atoms with Crippen molar-refractivity contribution in [2.75, 3.05) is 12.3 Å². The number of carboxylic acid groups (broad SMARTS) is 1. The molecule has 0 rings (SSSR count). The van der Waals surface area contributed by atoms with E-state index in [1.54, 1.807) is 0 Å². The van der Waals surface area contributed by atoms with Gasteiger partial charge in [0, 0.05) is 5.75 Å². The molecule has 0 aromatic carbocycles. The zero-order valence-corrected chi connectivity index (χ0v) is 10.9. The number of aliphatic carboxylic acids is 1. The molecular formula is C9H16N4O5S. The van der Waals surface area contributed by atoms with Crippen LogP contribution < -0.4 is 22.1 Å². The number of nitrogens with two attached hydrogens (primary N) is 2. The van der Waals surface area contributed by atoms with Gasteiger partial charge in [-0.25, -0.2) is 4.79 Å². The van der Waals surface area contributed by atoms with Crippen LogP contribution in [0.4, 0.5) is 0 Å². The second-order valence-corrected chi connectivity index (χ2v) is 3.94. The van der Waals surface area contributed by atoms with Crippen LogP contribution in [0.1, 0.15) is 6.42 Å². The van der Waals surface area contributed by atoms with Gasteiger partial charge in [-0.1, -0.05) is 0 Å². The van der Waals surface area contributed by atoms with E-state index in [1.165, 1.54) is 0 Å². The van der Waals surface area contributed by atoms with Gasteiger partial charge < -0.3 is 27.2 Å². The van der Waals surface area contributed by atoms with Crippen LogP contribution in [0.3, 0.4) is 0 Å². The number of carbonyl (C=O) groups excluding carboxylic acids is 3. The highest BCUT2D eigenvalue weighted by Crippen LogP contribution is 1.96. The summed E-state index contributed by atoms with van der Waals surface area (Å²) in [6.07, 6.45) is -0.462. The van der Waals surface area contributed by atoms with Crippen LogP contribution in [-0.2, 0) is 19.2 Å². The summed E-state index contributed by atoms with van der Waals surface area (Å²) in [6.45, 7) is -0.378. The lowest BCUT2D eigenvalue weighted by molar-refractivity contribution is -0.141. The summed E-state index contributed by atoms with van der Waals surface area (Å²) in [6, 6.07) is -2.50. The van der Waals surface area contributed by atoms with Crippen molar-refractivity contribution in [2.45, 2.75) is 18.5 Å². The fourth-order valence-corrected chi connectivity index (χ4v) is 1.37. The molecule has 3 amide bonds. The number of rotatable bonds is 8. The number of nitrogens with one attached hydrogen (secondary N) is 2. The van der Waals surface area contributed by atoms with Crippen molar-refractivity contribution < 1.29 is 24.3 Å². The molecule has 19 heavy (non-hydrogen) atoms. The first-order chi connectivity index (χ1) is 8.81. The molecule has 0 heterocycles. The van der Waals surface area contributed by atoms with Crippen molar-refractivity contribution >= 4 is 36.3 Å². The van der Waals surface area contributed by atoms with Gasteiger partial charge in [0.1, 0.15) is 12.1 Å². The van der Waals surface area contributed by atoms with Crippen LogP contribution in [-0.4, -0.2) is 53.2 Å². The quantitative estimate of drug-likeness (QED) is 0.258. The number of carbonyl (C=O) groups is 4. The number of primary amides is 1. The van der Waals surface area contributed by atoms with Crippen LogP contribution in [0.25, 0.3) is 0 Å². The van der Waals surface area contributed by atoms with Gasteiger partial charge >= 0.3 is 5.97 Å². The third-order valence-corrected chi connectivity index (χ3v) is 2.40. The smallest absolute Gasteiger partial charge is 0.327 e. The minimum Gasteiger partial charge on any atom is -0.480 e. The number of hydrogen-bond donors (Lipinski definition) is 6. The Hall–Kier alpha value is -1.81. The molecular weight excluding hydrogens is 276 g/mol. The van der Waals surface area contributed by atoms with E-state index in [0.29, 0.717) is 0 Å². The Labute approximate surface area is 114 Å². The monoisotopic (exact) mass is 292 g/mol. The first-order valence-electron chi connectivity index (χ1n) is 5.23. The molecule has 2 unspecified atom stereocenters. The predicted octanol–water partition coefficient (Wildman–Crippen LogP) is -3.20. The number of thiol groups is 1. The van der Waals surface area contributed by atoms with Crippen molar-refractivity contribution in [3.8, 4) is 0 Å². The van der Waals surface area contributed by atoms with Gasteiger partial charge in [0.05, 0.1) is 13.0 Å². The lowest BCUT2D eigenvalue weighted by Gasteiger charge is -2.19. The van der Waals surface area contributed by atoms with E-state index >= 15 is 0 Å². The largest absolute Gasteiger partial charge is 0.480 e. The molecule has 0 saturated carbocycles. The second kappa shape index (κ2) is 8.32. The lowest BCUT2D eigenvalue weighted by Crippen LogP contribution is -2.54. The maximum atomic E-state index is 11.7. The molecule has 0 aliphatic rings. The maximum Gasteiger partial charge on any atom is 0.327 e.